The number of hydrogen-bond donors (Lipinski definition) is 1. The first-order chi connectivity index (χ1) is 10.7. The highest BCUT2D eigenvalue weighted by Crippen LogP contribution is 2.26. The third-order valence-corrected chi connectivity index (χ3v) is 3.51. The molecule has 0 atom stereocenters. The molecule has 1 N–H and O–H groups in total. The van der Waals surface area contributed by atoms with E-state index >= 15 is 0 Å². The van der Waals surface area contributed by atoms with Crippen LogP contribution in [0.1, 0.15) is 11.3 Å². The predicted molar refractivity (Wildman–Crippen MR) is 83.9 cm³/mol. The molecular weight excluding hydrogens is 338 g/mol. The highest BCUT2D eigenvalue weighted by atomic mass is 35.5. The van der Waals surface area contributed by atoms with Crippen molar-refractivity contribution in [3.05, 3.63) is 77.0 Å². The van der Waals surface area contributed by atoms with Gasteiger partial charge in [-0.15, -0.1) is 0 Å². The summed E-state index contributed by atoms with van der Waals surface area (Å²) in [4.78, 5) is 4.06. The highest BCUT2D eigenvalue weighted by molar-refractivity contribution is 6.31. The van der Waals surface area contributed by atoms with Crippen LogP contribution < -0.4 is 17.7 Å². The monoisotopic (exact) mass is 351 g/mol. The molecule has 0 unspecified atom stereocenters. The third kappa shape index (κ3) is 4.55. The fraction of sp³-hybridized carbons (Fsp3) is 0.118. The highest BCUT2D eigenvalue weighted by Gasteiger charge is 2.07. The Morgan fingerprint density at radius 2 is 2.00 bits per heavy atom. The molecule has 0 aliphatic heterocycles. The Hall–Kier alpha value is -1.88. The first-order valence-corrected chi connectivity index (χ1v) is 7.24. The van der Waals surface area contributed by atoms with Crippen LogP contribution in [0.25, 0.3) is 11.3 Å². The molecule has 3 rings (SSSR count). The van der Waals surface area contributed by atoms with E-state index in [-0.39, 0.29) is 17.4 Å². The zero-order chi connectivity index (χ0) is 15.4. The average Bonchev–Trinajstić information content (AvgIpc) is 3.00. The van der Waals surface area contributed by atoms with Gasteiger partial charge in [0, 0.05) is 24.5 Å². The SMILES string of the molecule is Fc1ccc(-c2ccc(CNCc3cccnc3)o2)cc1Cl.[Cl-]. The zero-order valence-electron chi connectivity index (χ0n) is 12.1. The van der Waals surface area contributed by atoms with Crippen molar-refractivity contribution in [2.24, 2.45) is 0 Å². The van der Waals surface area contributed by atoms with Crippen molar-refractivity contribution in [2.45, 2.75) is 13.1 Å². The van der Waals surface area contributed by atoms with Gasteiger partial charge in [-0.2, -0.15) is 0 Å². The van der Waals surface area contributed by atoms with Crippen LogP contribution in [0.3, 0.4) is 0 Å². The first-order valence-electron chi connectivity index (χ1n) is 6.86. The summed E-state index contributed by atoms with van der Waals surface area (Å²) in [7, 11) is 0. The van der Waals surface area contributed by atoms with E-state index in [2.05, 4.69) is 10.3 Å². The molecule has 3 nitrogen and oxygen atoms in total. The Balaban J connectivity index is 0.00000192. The molecule has 1 aromatic carbocycles. The number of hydrogen-bond acceptors (Lipinski definition) is 3. The van der Waals surface area contributed by atoms with E-state index in [9.17, 15) is 4.39 Å². The predicted octanol–water partition coefficient (Wildman–Crippen LogP) is 1.43. The van der Waals surface area contributed by atoms with Gasteiger partial charge in [-0.25, -0.2) is 4.39 Å². The van der Waals surface area contributed by atoms with Crippen LogP contribution in [0.4, 0.5) is 4.39 Å². The quantitative estimate of drug-likeness (QED) is 0.755. The summed E-state index contributed by atoms with van der Waals surface area (Å²) in [6, 6.07) is 12.2. The Labute approximate surface area is 144 Å². The lowest BCUT2D eigenvalue weighted by atomic mass is 10.2. The van der Waals surface area contributed by atoms with E-state index in [0.717, 1.165) is 16.9 Å². The van der Waals surface area contributed by atoms with E-state index < -0.39 is 5.82 Å². The molecule has 0 saturated carbocycles. The van der Waals surface area contributed by atoms with Crippen molar-refractivity contribution in [3.8, 4) is 11.3 Å². The lowest BCUT2D eigenvalue weighted by molar-refractivity contribution is -0.00000554. The van der Waals surface area contributed by atoms with Crippen molar-refractivity contribution in [3.63, 3.8) is 0 Å². The maximum absolute atomic E-state index is 13.2. The molecule has 0 amide bonds. The molecule has 0 aliphatic carbocycles. The third-order valence-electron chi connectivity index (χ3n) is 3.22. The second kappa shape index (κ2) is 8.11. The second-order valence-corrected chi connectivity index (χ2v) is 5.27. The normalized spacial score (nSPS) is 10.3. The van der Waals surface area contributed by atoms with E-state index in [1.807, 2.05) is 30.5 Å². The van der Waals surface area contributed by atoms with Gasteiger partial charge < -0.3 is 22.1 Å². The van der Waals surface area contributed by atoms with Crippen LogP contribution in [0, 0.1) is 5.82 Å². The summed E-state index contributed by atoms with van der Waals surface area (Å²) in [5.74, 6) is 1.04. The first kappa shape index (κ1) is 17.5. The van der Waals surface area contributed by atoms with Crippen LogP contribution in [-0.4, -0.2) is 4.98 Å². The summed E-state index contributed by atoms with van der Waals surface area (Å²) in [5.41, 5.74) is 1.87. The minimum absolute atomic E-state index is 0. The minimum atomic E-state index is -0.435. The summed E-state index contributed by atoms with van der Waals surface area (Å²) in [6.07, 6.45) is 3.57. The van der Waals surface area contributed by atoms with Gasteiger partial charge in [-0.05, 0) is 42.0 Å². The molecule has 23 heavy (non-hydrogen) atoms. The van der Waals surface area contributed by atoms with E-state index in [1.54, 1.807) is 18.3 Å². The molecule has 0 spiro atoms. The van der Waals surface area contributed by atoms with Crippen molar-refractivity contribution in [1.29, 1.82) is 0 Å². The fourth-order valence-electron chi connectivity index (χ4n) is 2.11. The van der Waals surface area contributed by atoms with Crippen LogP contribution >= 0.6 is 11.6 Å². The van der Waals surface area contributed by atoms with Crippen molar-refractivity contribution < 1.29 is 21.2 Å². The van der Waals surface area contributed by atoms with Gasteiger partial charge in [-0.3, -0.25) is 4.98 Å². The largest absolute Gasteiger partial charge is 1.00 e. The summed E-state index contributed by atoms with van der Waals surface area (Å²) in [5, 5.41) is 3.37. The van der Waals surface area contributed by atoms with Gasteiger partial charge in [0.1, 0.15) is 17.3 Å². The molecule has 2 aromatic heterocycles. The van der Waals surface area contributed by atoms with Crippen molar-refractivity contribution in [1.82, 2.24) is 10.3 Å². The molecule has 0 saturated heterocycles. The van der Waals surface area contributed by atoms with Crippen LogP contribution in [0.5, 0.6) is 0 Å². The van der Waals surface area contributed by atoms with Crippen molar-refractivity contribution in [2.75, 3.05) is 0 Å². The number of halogens is 3. The summed E-state index contributed by atoms with van der Waals surface area (Å²) >= 11 is 5.79. The molecule has 0 fully saturated rings. The second-order valence-electron chi connectivity index (χ2n) is 4.86. The maximum Gasteiger partial charge on any atom is 0.141 e. The smallest absolute Gasteiger partial charge is 0.141 e. The van der Waals surface area contributed by atoms with Gasteiger partial charge >= 0.3 is 0 Å². The fourth-order valence-corrected chi connectivity index (χ4v) is 2.29. The molecule has 0 aliphatic rings. The maximum atomic E-state index is 13.2. The van der Waals surface area contributed by atoms with Crippen LogP contribution in [-0.2, 0) is 13.1 Å². The minimum Gasteiger partial charge on any atom is -1.00 e. The number of furan rings is 1. The molecule has 6 heteroatoms. The molecule has 3 aromatic rings. The molecule has 0 bridgehead atoms. The Kier molecular flexibility index (Phi) is 6.16. The van der Waals surface area contributed by atoms with Gasteiger partial charge in [0.15, 0.2) is 0 Å². The van der Waals surface area contributed by atoms with E-state index in [0.29, 0.717) is 18.8 Å². The lowest BCUT2D eigenvalue weighted by Gasteiger charge is -2.03. The molecule has 2 heterocycles. The topological polar surface area (TPSA) is 38.1 Å². The summed E-state index contributed by atoms with van der Waals surface area (Å²) in [6.45, 7) is 1.32. The molecule has 0 radical (unpaired) electrons. The van der Waals surface area contributed by atoms with Gasteiger partial charge in [0.05, 0.1) is 11.6 Å². The molecular formula is C17H14Cl2FN2O-. The van der Waals surface area contributed by atoms with Gasteiger partial charge in [0.25, 0.3) is 0 Å². The molecule has 120 valence electrons. The van der Waals surface area contributed by atoms with Gasteiger partial charge in [0.2, 0.25) is 0 Å². The van der Waals surface area contributed by atoms with E-state index in [4.69, 9.17) is 16.0 Å². The number of aromatic nitrogens is 1. The Morgan fingerprint density at radius 3 is 2.74 bits per heavy atom. The Bertz CT molecular complexity index is 762. The number of benzene rings is 1. The van der Waals surface area contributed by atoms with Crippen LogP contribution in [0.15, 0.2) is 59.3 Å². The number of nitrogens with one attached hydrogen (secondary N) is 1. The standard InChI is InChI=1S/C17H14ClFN2O.ClH/c18-15-8-13(3-5-16(15)19)17-6-4-14(22-17)11-21-10-12-2-1-7-20-9-12;/h1-9,21H,10-11H2;1H/p-1. The lowest BCUT2D eigenvalue weighted by Crippen LogP contribution is -3.00. The van der Waals surface area contributed by atoms with Crippen LogP contribution in [0.2, 0.25) is 5.02 Å². The van der Waals surface area contributed by atoms with E-state index in [1.165, 1.54) is 6.07 Å². The number of rotatable bonds is 5. The number of nitrogens with zero attached hydrogens (tertiary/aromatic N) is 1. The zero-order valence-corrected chi connectivity index (χ0v) is 13.6. The number of pyridine rings is 1. The Morgan fingerprint density at radius 1 is 1.13 bits per heavy atom. The van der Waals surface area contributed by atoms with Gasteiger partial charge in [-0.1, -0.05) is 17.7 Å². The van der Waals surface area contributed by atoms with Crippen molar-refractivity contribution >= 4 is 11.6 Å². The summed E-state index contributed by atoms with van der Waals surface area (Å²) < 4.78 is 18.9. The average molecular weight is 352 g/mol.